The van der Waals surface area contributed by atoms with Gasteiger partial charge in [-0.05, 0) is 54.1 Å². The zero-order valence-corrected chi connectivity index (χ0v) is 13.1. The third-order valence-corrected chi connectivity index (χ3v) is 4.64. The Hall–Kier alpha value is -1.56. The van der Waals surface area contributed by atoms with Crippen LogP contribution in [0, 0.1) is 17.8 Å². The van der Waals surface area contributed by atoms with E-state index in [9.17, 15) is 0 Å². The molecule has 1 fully saturated rings. The van der Waals surface area contributed by atoms with Crippen molar-refractivity contribution in [2.24, 2.45) is 11.8 Å². The SMILES string of the molecule is CC(C)[C](Cc1ccccc1)C(c1ccccc1)C1CC1. The molecule has 1 aliphatic carbocycles. The molecule has 1 unspecified atom stereocenters. The standard InChI is InChI=1S/C21H25/c1-16(2)20(15-17-9-5-3-6-10-17)21(19-13-14-19)18-11-7-4-8-12-18/h3-12,16,19,21H,13-15H2,1-2H3. The van der Waals surface area contributed by atoms with Crippen LogP contribution in [-0.2, 0) is 6.42 Å². The Morgan fingerprint density at radius 3 is 2.00 bits per heavy atom. The van der Waals surface area contributed by atoms with Crippen LogP contribution < -0.4 is 0 Å². The second-order valence-corrected chi connectivity index (χ2v) is 6.62. The Bertz CT molecular complexity index is 537. The summed E-state index contributed by atoms with van der Waals surface area (Å²) in [5.74, 6) is 3.85. The molecule has 0 heteroatoms. The second kappa shape index (κ2) is 6.47. The lowest BCUT2D eigenvalue weighted by atomic mass is 9.73. The Kier molecular flexibility index (Phi) is 4.43. The minimum atomic E-state index is 0.635. The summed E-state index contributed by atoms with van der Waals surface area (Å²) < 4.78 is 0. The van der Waals surface area contributed by atoms with Crippen LogP contribution in [0.2, 0.25) is 0 Å². The quantitative estimate of drug-likeness (QED) is 0.639. The van der Waals surface area contributed by atoms with Gasteiger partial charge in [0.1, 0.15) is 0 Å². The predicted molar refractivity (Wildman–Crippen MR) is 90.1 cm³/mol. The first kappa shape index (κ1) is 14.4. The van der Waals surface area contributed by atoms with Gasteiger partial charge in [0.25, 0.3) is 0 Å². The van der Waals surface area contributed by atoms with Gasteiger partial charge in [0, 0.05) is 0 Å². The van der Waals surface area contributed by atoms with E-state index >= 15 is 0 Å². The van der Waals surface area contributed by atoms with Gasteiger partial charge < -0.3 is 0 Å². The molecule has 21 heavy (non-hydrogen) atoms. The summed E-state index contributed by atoms with van der Waals surface area (Å²) in [5.41, 5.74) is 2.96. The molecular weight excluding hydrogens is 252 g/mol. The van der Waals surface area contributed by atoms with Gasteiger partial charge in [0.15, 0.2) is 0 Å². The summed E-state index contributed by atoms with van der Waals surface area (Å²) in [4.78, 5) is 0. The number of hydrogen-bond acceptors (Lipinski definition) is 0. The molecule has 1 radical (unpaired) electrons. The first-order chi connectivity index (χ1) is 10.3. The van der Waals surface area contributed by atoms with Gasteiger partial charge in [0.05, 0.1) is 0 Å². The molecule has 0 saturated heterocycles. The highest BCUT2D eigenvalue weighted by Gasteiger charge is 2.38. The van der Waals surface area contributed by atoms with Crippen LogP contribution in [0.15, 0.2) is 60.7 Å². The van der Waals surface area contributed by atoms with Crippen LogP contribution in [0.25, 0.3) is 0 Å². The molecule has 2 aromatic rings. The highest BCUT2D eigenvalue weighted by Crippen LogP contribution is 2.50. The highest BCUT2D eigenvalue weighted by molar-refractivity contribution is 5.32. The van der Waals surface area contributed by atoms with Crippen molar-refractivity contribution in [2.45, 2.75) is 39.0 Å². The summed E-state index contributed by atoms with van der Waals surface area (Å²) in [6.07, 6.45) is 3.91. The van der Waals surface area contributed by atoms with Gasteiger partial charge in [-0.1, -0.05) is 74.5 Å². The number of hydrogen-bond donors (Lipinski definition) is 0. The second-order valence-electron chi connectivity index (χ2n) is 6.62. The van der Waals surface area contributed by atoms with Crippen molar-refractivity contribution in [3.63, 3.8) is 0 Å². The van der Waals surface area contributed by atoms with Crippen molar-refractivity contribution in [2.75, 3.05) is 0 Å². The molecule has 0 spiro atoms. The number of benzene rings is 2. The smallest absolute Gasteiger partial charge is 0.00656 e. The molecule has 0 N–H and O–H groups in total. The van der Waals surface area contributed by atoms with Crippen molar-refractivity contribution >= 4 is 0 Å². The largest absolute Gasteiger partial charge is 0.0622 e. The van der Waals surface area contributed by atoms with E-state index in [1.807, 2.05) is 0 Å². The van der Waals surface area contributed by atoms with Crippen molar-refractivity contribution in [3.05, 3.63) is 77.7 Å². The molecule has 1 aliphatic rings. The molecular formula is C21H25. The fraction of sp³-hybridized carbons (Fsp3) is 0.381. The molecule has 0 amide bonds. The average molecular weight is 277 g/mol. The monoisotopic (exact) mass is 277 g/mol. The Morgan fingerprint density at radius 1 is 0.905 bits per heavy atom. The summed E-state index contributed by atoms with van der Waals surface area (Å²) in [7, 11) is 0. The molecule has 0 nitrogen and oxygen atoms in total. The van der Waals surface area contributed by atoms with Crippen LogP contribution in [-0.4, -0.2) is 0 Å². The van der Waals surface area contributed by atoms with Crippen LogP contribution in [0.3, 0.4) is 0 Å². The molecule has 0 bridgehead atoms. The van der Waals surface area contributed by atoms with E-state index in [0.29, 0.717) is 11.8 Å². The molecule has 109 valence electrons. The van der Waals surface area contributed by atoms with Gasteiger partial charge in [-0.25, -0.2) is 0 Å². The topological polar surface area (TPSA) is 0 Å². The summed E-state index contributed by atoms with van der Waals surface area (Å²) in [5, 5.41) is 0. The maximum atomic E-state index is 2.36. The van der Waals surface area contributed by atoms with Crippen LogP contribution in [0.4, 0.5) is 0 Å². The molecule has 1 atom stereocenters. The summed E-state index contributed by atoms with van der Waals surface area (Å²) in [6.45, 7) is 4.72. The lowest BCUT2D eigenvalue weighted by molar-refractivity contribution is 0.487. The minimum absolute atomic E-state index is 0.635. The zero-order chi connectivity index (χ0) is 14.7. The zero-order valence-electron chi connectivity index (χ0n) is 13.1. The minimum Gasteiger partial charge on any atom is -0.0622 e. The van der Waals surface area contributed by atoms with Gasteiger partial charge >= 0.3 is 0 Å². The average Bonchev–Trinajstić information content (AvgIpc) is 3.33. The predicted octanol–water partition coefficient (Wildman–Crippen LogP) is 5.65. The molecule has 3 rings (SSSR count). The van der Waals surface area contributed by atoms with Crippen molar-refractivity contribution in [3.8, 4) is 0 Å². The lowest BCUT2D eigenvalue weighted by Gasteiger charge is -2.30. The van der Waals surface area contributed by atoms with E-state index in [1.165, 1.54) is 24.0 Å². The first-order valence-electron chi connectivity index (χ1n) is 8.20. The summed E-state index contributed by atoms with van der Waals surface area (Å²) in [6, 6.07) is 22.1. The van der Waals surface area contributed by atoms with Crippen LogP contribution >= 0.6 is 0 Å². The van der Waals surface area contributed by atoms with Crippen LogP contribution in [0.5, 0.6) is 0 Å². The Morgan fingerprint density at radius 2 is 1.48 bits per heavy atom. The van der Waals surface area contributed by atoms with Crippen LogP contribution in [0.1, 0.15) is 43.7 Å². The first-order valence-corrected chi connectivity index (χ1v) is 8.20. The Labute approximate surface area is 129 Å². The van der Waals surface area contributed by atoms with Gasteiger partial charge in [-0.2, -0.15) is 0 Å². The third-order valence-electron chi connectivity index (χ3n) is 4.64. The van der Waals surface area contributed by atoms with E-state index in [2.05, 4.69) is 74.5 Å². The van der Waals surface area contributed by atoms with E-state index in [0.717, 1.165) is 12.3 Å². The van der Waals surface area contributed by atoms with Crippen molar-refractivity contribution in [1.29, 1.82) is 0 Å². The van der Waals surface area contributed by atoms with Gasteiger partial charge in [0.2, 0.25) is 0 Å². The molecule has 0 aromatic heterocycles. The van der Waals surface area contributed by atoms with E-state index < -0.39 is 0 Å². The van der Waals surface area contributed by atoms with Crippen molar-refractivity contribution < 1.29 is 0 Å². The Balaban J connectivity index is 1.87. The van der Waals surface area contributed by atoms with E-state index in [-0.39, 0.29) is 0 Å². The molecule has 0 heterocycles. The highest BCUT2D eigenvalue weighted by atomic mass is 14.4. The van der Waals surface area contributed by atoms with Gasteiger partial charge in [-0.3, -0.25) is 0 Å². The normalized spacial score (nSPS) is 16.4. The fourth-order valence-corrected chi connectivity index (χ4v) is 3.38. The lowest BCUT2D eigenvalue weighted by Crippen LogP contribution is -2.20. The van der Waals surface area contributed by atoms with E-state index in [1.54, 1.807) is 5.92 Å². The molecule has 2 aromatic carbocycles. The molecule has 1 saturated carbocycles. The van der Waals surface area contributed by atoms with Crippen molar-refractivity contribution in [1.82, 2.24) is 0 Å². The molecule has 0 aliphatic heterocycles. The number of rotatable bonds is 6. The maximum absolute atomic E-state index is 2.36. The third kappa shape index (κ3) is 3.56. The van der Waals surface area contributed by atoms with E-state index in [4.69, 9.17) is 0 Å². The fourth-order valence-electron chi connectivity index (χ4n) is 3.38. The maximum Gasteiger partial charge on any atom is -0.00656 e. The summed E-state index contributed by atoms with van der Waals surface area (Å²) >= 11 is 0. The van der Waals surface area contributed by atoms with Gasteiger partial charge in [-0.15, -0.1) is 0 Å².